The summed E-state index contributed by atoms with van der Waals surface area (Å²) in [6, 6.07) is 5.58. The van der Waals surface area contributed by atoms with Crippen LogP contribution in [0.5, 0.6) is 0 Å². The van der Waals surface area contributed by atoms with Crippen LogP contribution in [0.25, 0.3) is 0 Å². The molecule has 1 amide bonds. The minimum Gasteiger partial charge on any atom is -0.398 e. The number of rotatable bonds is 7. The van der Waals surface area contributed by atoms with Crippen LogP contribution in [0.3, 0.4) is 0 Å². The highest BCUT2D eigenvalue weighted by molar-refractivity contribution is 7.99. The number of nitrogen functional groups attached to an aromatic ring is 1. The van der Waals surface area contributed by atoms with E-state index in [1.165, 1.54) is 0 Å². The Morgan fingerprint density at radius 3 is 2.84 bits per heavy atom. The summed E-state index contributed by atoms with van der Waals surface area (Å²) >= 11 is 1.92. The summed E-state index contributed by atoms with van der Waals surface area (Å²) in [4.78, 5) is 11.8. The monoisotopic (exact) mass is 280 g/mol. The molecule has 1 rings (SSSR count). The normalized spacial score (nSPS) is 10.7. The number of nitrogens with two attached hydrogens (primary N) is 1. The summed E-state index contributed by atoms with van der Waals surface area (Å²) in [6.07, 6.45) is 1.49. The number of hydrogen-bond acceptors (Lipinski definition) is 3. The predicted octanol–water partition coefficient (Wildman–Crippen LogP) is 3.69. The van der Waals surface area contributed by atoms with Crippen LogP contribution in [-0.4, -0.2) is 17.4 Å². The van der Waals surface area contributed by atoms with Crippen molar-refractivity contribution in [2.75, 3.05) is 22.6 Å². The summed E-state index contributed by atoms with van der Waals surface area (Å²) in [5.74, 6) is 2.99. The third kappa shape index (κ3) is 6.01. The van der Waals surface area contributed by atoms with Crippen molar-refractivity contribution in [2.24, 2.45) is 5.92 Å². The molecule has 0 aliphatic rings. The maximum absolute atomic E-state index is 11.8. The minimum atomic E-state index is 0.0684. The number of amides is 1. The Balaban J connectivity index is 2.29. The van der Waals surface area contributed by atoms with Crippen molar-refractivity contribution in [1.82, 2.24) is 0 Å². The van der Waals surface area contributed by atoms with E-state index in [1.807, 2.05) is 36.9 Å². The number of carbonyl (C=O) groups is 1. The Morgan fingerprint density at radius 2 is 2.16 bits per heavy atom. The van der Waals surface area contributed by atoms with E-state index in [0.29, 0.717) is 18.0 Å². The maximum atomic E-state index is 11.8. The lowest BCUT2D eigenvalue weighted by atomic mass is 10.1. The topological polar surface area (TPSA) is 55.1 Å². The zero-order chi connectivity index (χ0) is 14.3. The zero-order valence-corrected chi connectivity index (χ0v) is 12.8. The fourth-order valence-corrected chi connectivity index (χ4v) is 2.64. The highest BCUT2D eigenvalue weighted by Gasteiger charge is 2.06. The van der Waals surface area contributed by atoms with E-state index < -0.39 is 0 Å². The van der Waals surface area contributed by atoms with Gasteiger partial charge in [-0.2, -0.15) is 11.8 Å². The molecule has 3 nitrogen and oxygen atoms in total. The van der Waals surface area contributed by atoms with Crippen molar-refractivity contribution in [3.05, 3.63) is 23.8 Å². The first kappa shape index (κ1) is 15.9. The predicted molar refractivity (Wildman–Crippen MR) is 85.6 cm³/mol. The van der Waals surface area contributed by atoms with Gasteiger partial charge in [-0.05, 0) is 48.5 Å². The Bertz CT molecular complexity index is 419. The smallest absolute Gasteiger partial charge is 0.224 e. The molecule has 1 aromatic rings. The maximum Gasteiger partial charge on any atom is 0.224 e. The van der Waals surface area contributed by atoms with E-state index in [2.05, 4.69) is 19.2 Å². The van der Waals surface area contributed by atoms with Gasteiger partial charge in [0.1, 0.15) is 0 Å². The van der Waals surface area contributed by atoms with Gasteiger partial charge in [0.15, 0.2) is 0 Å². The third-order valence-electron chi connectivity index (χ3n) is 2.79. The van der Waals surface area contributed by atoms with Crippen molar-refractivity contribution >= 4 is 29.0 Å². The van der Waals surface area contributed by atoms with E-state index in [1.54, 1.807) is 0 Å². The van der Waals surface area contributed by atoms with Crippen LogP contribution in [0, 0.1) is 12.8 Å². The molecule has 1 aromatic carbocycles. The van der Waals surface area contributed by atoms with E-state index in [0.717, 1.165) is 29.2 Å². The summed E-state index contributed by atoms with van der Waals surface area (Å²) in [6.45, 7) is 6.34. The second kappa shape index (κ2) is 8.10. The molecule has 0 heterocycles. The van der Waals surface area contributed by atoms with Crippen molar-refractivity contribution in [3.8, 4) is 0 Å². The molecule has 0 saturated heterocycles. The van der Waals surface area contributed by atoms with Crippen LogP contribution in [0.2, 0.25) is 0 Å². The Hall–Kier alpha value is -1.16. The van der Waals surface area contributed by atoms with Gasteiger partial charge in [-0.1, -0.05) is 19.9 Å². The first-order chi connectivity index (χ1) is 9.00. The molecule has 0 unspecified atom stereocenters. The van der Waals surface area contributed by atoms with Crippen LogP contribution < -0.4 is 11.1 Å². The van der Waals surface area contributed by atoms with Gasteiger partial charge in [-0.15, -0.1) is 0 Å². The molecule has 0 atom stereocenters. The Labute approximate surface area is 120 Å². The van der Waals surface area contributed by atoms with Crippen molar-refractivity contribution in [2.45, 2.75) is 33.6 Å². The molecule has 106 valence electrons. The van der Waals surface area contributed by atoms with Crippen molar-refractivity contribution < 1.29 is 4.79 Å². The molecule has 3 N–H and O–H groups in total. The fourth-order valence-electron chi connectivity index (χ4n) is 1.66. The van der Waals surface area contributed by atoms with Gasteiger partial charge in [0.25, 0.3) is 0 Å². The van der Waals surface area contributed by atoms with E-state index in [9.17, 15) is 4.79 Å². The molecule has 0 fully saturated rings. The van der Waals surface area contributed by atoms with Crippen LogP contribution in [0.4, 0.5) is 11.4 Å². The van der Waals surface area contributed by atoms with Crippen molar-refractivity contribution in [3.63, 3.8) is 0 Å². The molecule has 0 radical (unpaired) electrons. The third-order valence-corrected chi connectivity index (χ3v) is 4.27. The summed E-state index contributed by atoms with van der Waals surface area (Å²) in [5, 5.41) is 2.92. The average Bonchev–Trinajstić information content (AvgIpc) is 2.34. The second-order valence-electron chi connectivity index (χ2n) is 5.14. The number of hydrogen-bond donors (Lipinski definition) is 2. The summed E-state index contributed by atoms with van der Waals surface area (Å²) in [7, 11) is 0. The molecule has 0 aliphatic heterocycles. The van der Waals surface area contributed by atoms with Gasteiger partial charge in [-0.3, -0.25) is 4.79 Å². The molecule has 0 saturated carbocycles. The lowest BCUT2D eigenvalue weighted by Gasteiger charge is -2.10. The Kier molecular flexibility index (Phi) is 6.78. The number of anilines is 2. The Morgan fingerprint density at radius 1 is 1.42 bits per heavy atom. The molecule has 0 aliphatic carbocycles. The van der Waals surface area contributed by atoms with E-state index in [-0.39, 0.29) is 5.91 Å². The SMILES string of the molecule is Cc1c(N)cccc1NC(=O)CCCSCC(C)C. The fraction of sp³-hybridized carbons (Fsp3) is 0.533. The summed E-state index contributed by atoms with van der Waals surface area (Å²) < 4.78 is 0. The molecule has 0 bridgehead atoms. The molecule has 19 heavy (non-hydrogen) atoms. The second-order valence-corrected chi connectivity index (χ2v) is 6.29. The first-order valence-electron chi connectivity index (χ1n) is 6.73. The standard InChI is InChI=1S/C15H24N2OS/c1-11(2)10-19-9-5-8-15(18)17-14-7-4-6-13(16)12(14)3/h4,6-7,11H,5,8-10,16H2,1-3H3,(H,17,18). The largest absolute Gasteiger partial charge is 0.398 e. The highest BCUT2D eigenvalue weighted by atomic mass is 32.2. The summed E-state index contributed by atoms with van der Waals surface area (Å²) in [5.41, 5.74) is 8.28. The molecular formula is C15H24N2OS. The van der Waals surface area contributed by atoms with Crippen LogP contribution in [0.15, 0.2) is 18.2 Å². The minimum absolute atomic E-state index is 0.0684. The van der Waals surface area contributed by atoms with Crippen LogP contribution in [0.1, 0.15) is 32.3 Å². The lowest BCUT2D eigenvalue weighted by Crippen LogP contribution is -2.13. The van der Waals surface area contributed by atoms with Gasteiger partial charge in [0.2, 0.25) is 5.91 Å². The molecule has 0 aromatic heterocycles. The number of carbonyl (C=O) groups excluding carboxylic acids is 1. The molecule has 0 spiro atoms. The molecular weight excluding hydrogens is 256 g/mol. The highest BCUT2D eigenvalue weighted by Crippen LogP contribution is 2.20. The quantitative estimate of drug-likeness (QED) is 0.591. The van der Waals surface area contributed by atoms with Crippen molar-refractivity contribution in [1.29, 1.82) is 0 Å². The number of nitrogens with one attached hydrogen (secondary N) is 1. The lowest BCUT2D eigenvalue weighted by molar-refractivity contribution is -0.116. The van der Waals surface area contributed by atoms with Gasteiger partial charge >= 0.3 is 0 Å². The zero-order valence-electron chi connectivity index (χ0n) is 12.0. The van der Waals surface area contributed by atoms with Gasteiger partial charge < -0.3 is 11.1 Å². The van der Waals surface area contributed by atoms with Gasteiger partial charge in [0.05, 0.1) is 0 Å². The number of benzene rings is 1. The average molecular weight is 280 g/mol. The van der Waals surface area contributed by atoms with Crippen LogP contribution in [-0.2, 0) is 4.79 Å². The van der Waals surface area contributed by atoms with Crippen LogP contribution >= 0.6 is 11.8 Å². The first-order valence-corrected chi connectivity index (χ1v) is 7.89. The van der Waals surface area contributed by atoms with E-state index >= 15 is 0 Å². The van der Waals surface area contributed by atoms with Gasteiger partial charge in [-0.25, -0.2) is 0 Å². The molecule has 4 heteroatoms. The van der Waals surface area contributed by atoms with E-state index in [4.69, 9.17) is 5.73 Å². The van der Waals surface area contributed by atoms with Gasteiger partial charge in [0, 0.05) is 17.8 Å². The number of thioether (sulfide) groups is 1.